The highest BCUT2D eigenvalue weighted by molar-refractivity contribution is 5.01. The van der Waals surface area contributed by atoms with Crippen LogP contribution in [0.4, 0.5) is 0 Å². The number of unbranched alkanes of at least 4 members (excludes halogenated alkanes) is 6. The second-order valence-electron chi connectivity index (χ2n) is 4.64. The Morgan fingerprint density at radius 1 is 0.875 bits per heavy atom. The quantitative estimate of drug-likeness (QED) is 0.394. The van der Waals surface area contributed by atoms with Gasteiger partial charge in [0.05, 0.1) is 0 Å². The van der Waals surface area contributed by atoms with Crippen LogP contribution < -0.4 is 0 Å². The molecule has 0 fully saturated rings. The van der Waals surface area contributed by atoms with E-state index in [1.807, 2.05) is 0 Å². The Labute approximate surface area is 102 Å². The summed E-state index contributed by atoms with van der Waals surface area (Å²) in [5.41, 5.74) is 1.48. The van der Waals surface area contributed by atoms with Gasteiger partial charge < -0.3 is 5.11 Å². The van der Waals surface area contributed by atoms with Gasteiger partial charge in [-0.05, 0) is 32.1 Å². The average Bonchev–Trinajstić information content (AvgIpc) is 2.30. The second kappa shape index (κ2) is 12.8. The molecule has 0 rings (SSSR count). The molecule has 16 heavy (non-hydrogen) atoms. The Bertz CT molecular complexity index is 161. The van der Waals surface area contributed by atoms with Crippen molar-refractivity contribution in [3.05, 3.63) is 11.6 Å². The van der Waals surface area contributed by atoms with E-state index in [1.54, 1.807) is 0 Å². The summed E-state index contributed by atoms with van der Waals surface area (Å²) in [5, 5.41) is 9.00. The Morgan fingerprint density at radius 3 is 2.19 bits per heavy atom. The van der Waals surface area contributed by atoms with Crippen molar-refractivity contribution in [2.75, 3.05) is 6.61 Å². The first-order chi connectivity index (χ1) is 7.85. The Morgan fingerprint density at radius 2 is 1.56 bits per heavy atom. The zero-order valence-electron chi connectivity index (χ0n) is 11.3. The monoisotopic (exact) mass is 226 g/mol. The SMILES string of the molecule is CCCCCC=C(CCO)CCCCCC. The van der Waals surface area contributed by atoms with Crippen LogP contribution in [0.2, 0.25) is 0 Å². The highest BCUT2D eigenvalue weighted by Gasteiger charge is 1.97. The molecule has 0 aliphatic carbocycles. The fourth-order valence-corrected chi connectivity index (χ4v) is 1.95. The van der Waals surface area contributed by atoms with E-state index in [1.165, 1.54) is 63.4 Å². The molecule has 0 radical (unpaired) electrons. The number of allylic oxidation sites excluding steroid dienone is 1. The molecule has 0 aromatic rings. The van der Waals surface area contributed by atoms with Gasteiger partial charge in [0, 0.05) is 6.61 Å². The van der Waals surface area contributed by atoms with Crippen LogP contribution >= 0.6 is 0 Å². The van der Waals surface area contributed by atoms with Gasteiger partial charge in [-0.3, -0.25) is 0 Å². The fourth-order valence-electron chi connectivity index (χ4n) is 1.95. The topological polar surface area (TPSA) is 20.2 Å². The molecular weight excluding hydrogens is 196 g/mol. The molecule has 0 atom stereocenters. The summed E-state index contributed by atoms with van der Waals surface area (Å²) < 4.78 is 0. The smallest absolute Gasteiger partial charge is 0.0468 e. The number of aliphatic hydroxyl groups excluding tert-OH is 1. The molecule has 0 spiro atoms. The van der Waals surface area contributed by atoms with E-state index < -0.39 is 0 Å². The summed E-state index contributed by atoms with van der Waals surface area (Å²) in [6, 6.07) is 0. The van der Waals surface area contributed by atoms with Crippen molar-refractivity contribution in [1.29, 1.82) is 0 Å². The normalized spacial score (nSPS) is 12.1. The molecule has 0 aliphatic rings. The van der Waals surface area contributed by atoms with Crippen molar-refractivity contribution in [1.82, 2.24) is 0 Å². The van der Waals surface area contributed by atoms with E-state index in [0.717, 1.165) is 6.42 Å². The average molecular weight is 226 g/mol. The molecule has 1 N–H and O–H groups in total. The molecule has 0 bridgehead atoms. The van der Waals surface area contributed by atoms with Crippen LogP contribution in [-0.4, -0.2) is 11.7 Å². The van der Waals surface area contributed by atoms with Crippen LogP contribution in [0.3, 0.4) is 0 Å². The lowest BCUT2D eigenvalue weighted by Gasteiger charge is -2.06. The van der Waals surface area contributed by atoms with Crippen molar-refractivity contribution >= 4 is 0 Å². The summed E-state index contributed by atoms with van der Waals surface area (Å²) in [5.74, 6) is 0. The molecule has 1 nitrogen and oxygen atoms in total. The van der Waals surface area contributed by atoms with E-state index in [2.05, 4.69) is 19.9 Å². The minimum Gasteiger partial charge on any atom is -0.396 e. The van der Waals surface area contributed by atoms with Gasteiger partial charge in [0.25, 0.3) is 0 Å². The molecule has 0 aromatic carbocycles. The lowest BCUT2D eigenvalue weighted by Crippen LogP contribution is -1.90. The van der Waals surface area contributed by atoms with Crippen molar-refractivity contribution in [3.63, 3.8) is 0 Å². The van der Waals surface area contributed by atoms with Crippen LogP contribution in [0, 0.1) is 0 Å². The summed E-state index contributed by atoms with van der Waals surface area (Å²) in [6.45, 7) is 4.80. The van der Waals surface area contributed by atoms with Crippen LogP contribution in [0.1, 0.15) is 78.1 Å². The molecule has 0 heterocycles. The first-order valence-corrected chi connectivity index (χ1v) is 7.13. The van der Waals surface area contributed by atoms with Gasteiger partial charge in [0.2, 0.25) is 0 Å². The number of hydrogen-bond donors (Lipinski definition) is 1. The highest BCUT2D eigenvalue weighted by Crippen LogP contribution is 2.15. The predicted octanol–water partition coefficient (Wildman–Crippen LogP) is 4.85. The third kappa shape index (κ3) is 10.2. The summed E-state index contributed by atoms with van der Waals surface area (Å²) in [6.07, 6.45) is 14.9. The van der Waals surface area contributed by atoms with Gasteiger partial charge in [-0.2, -0.15) is 0 Å². The molecule has 1 heteroatoms. The Hall–Kier alpha value is -0.300. The van der Waals surface area contributed by atoms with E-state index in [4.69, 9.17) is 5.11 Å². The lowest BCUT2D eigenvalue weighted by molar-refractivity contribution is 0.297. The van der Waals surface area contributed by atoms with Gasteiger partial charge in [0.15, 0.2) is 0 Å². The van der Waals surface area contributed by atoms with Crippen molar-refractivity contribution in [2.24, 2.45) is 0 Å². The van der Waals surface area contributed by atoms with Gasteiger partial charge in [-0.25, -0.2) is 0 Å². The highest BCUT2D eigenvalue weighted by atomic mass is 16.2. The van der Waals surface area contributed by atoms with Crippen molar-refractivity contribution in [2.45, 2.75) is 78.1 Å². The number of hydrogen-bond acceptors (Lipinski definition) is 1. The molecular formula is C15H30O. The van der Waals surface area contributed by atoms with E-state index in [9.17, 15) is 0 Å². The van der Waals surface area contributed by atoms with Crippen molar-refractivity contribution < 1.29 is 5.11 Å². The van der Waals surface area contributed by atoms with Crippen molar-refractivity contribution in [3.8, 4) is 0 Å². The van der Waals surface area contributed by atoms with Gasteiger partial charge >= 0.3 is 0 Å². The molecule has 0 unspecified atom stereocenters. The third-order valence-corrected chi connectivity index (χ3v) is 3.03. The lowest BCUT2D eigenvalue weighted by atomic mass is 10.0. The maximum absolute atomic E-state index is 9.00. The fraction of sp³-hybridized carbons (Fsp3) is 0.867. The van der Waals surface area contributed by atoms with E-state index >= 15 is 0 Å². The minimum atomic E-state index is 0.313. The van der Waals surface area contributed by atoms with Crippen LogP contribution in [-0.2, 0) is 0 Å². The van der Waals surface area contributed by atoms with Gasteiger partial charge in [-0.15, -0.1) is 0 Å². The first-order valence-electron chi connectivity index (χ1n) is 7.13. The zero-order valence-corrected chi connectivity index (χ0v) is 11.3. The Balaban J connectivity index is 3.67. The summed E-state index contributed by atoms with van der Waals surface area (Å²) in [4.78, 5) is 0. The molecule has 0 aromatic heterocycles. The standard InChI is InChI=1S/C15H30O/c1-3-5-7-9-11-15(13-14-16)12-10-8-6-4-2/h11,16H,3-10,12-14H2,1-2H3. The second-order valence-corrected chi connectivity index (χ2v) is 4.64. The maximum atomic E-state index is 9.00. The van der Waals surface area contributed by atoms with Gasteiger partial charge in [-0.1, -0.05) is 57.6 Å². The number of rotatable bonds is 11. The minimum absolute atomic E-state index is 0.313. The predicted molar refractivity (Wildman–Crippen MR) is 72.7 cm³/mol. The Kier molecular flexibility index (Phi) is 12.5. The molecule has 0 amide bonds. The number of aliphatic hydroxyl groups is 1. The largest absolute Gasteiger partial charge is 0.396 e. The first kappa shape index (κ1) is 15.7. The zero-order chi connectivity index (χ0) is 12.1. The van der Waals surface area contributed by atoms with Crippen LogP contribution in [0.5, 0.6) is 0 Å². The van der Waals surface area contributed by atoms with E-state index in [-0.39, 0.29) is 0 Å². The molecule has 96 valence electrons. The van der Waals surface area contributed by atoms with Gasteiger partial charge in [0.1, 0.15) is 0 Å². The van der Waals surface area contributed by atoms with E-state index in [0.29, 0.717) is 6.61 Å². The van der Waals surface area contributed by atoms with Crippen LogP contribution in [0.25, 0.3) is 0 Å². The third-order valence-electron chi connectivity index (χ3n) is 3.03. The maximum Gasteiger partial charge on any atom is 0.0468 e. The van der Waals surface area contributed by atoms with Crippen LogP contribution in [0.15, 0.2) is 11.6 Å². The molecule has 0 saturated heterocycles. The molecule has 0 saturated carbocycles. The summed E-state index contributed by atoms with van der Waals surface area (Å²) >= 11 is 0. The molecule has 0 aliphatic heterocycles. The summed E-state index contributed by atoms with van der Waals surface area (Å²) in [7, 11) is 0.